The molecule has 2 aromatic carbocycles. The van der Waals surface area contributed by atoms with Crippen LogP contribution in [0.15, 0.2) is 60.0 Å². The molecule has 12 heteroatoms. The maximum atomic E-state index is 13.3. The van der Waals surface area contributed by atoms with Crippen LogP contribution in [-0.2, 0) is 25.6 Å². The van der Waals surface area contributed by atoms with Gasteiger partial charge in [-0.3, -0.25) is 9.59 Å². The third-order valence-corrected chi connectivity index (χ3v) is 6.09. The molecule has 2 aromatic rings. The summed E-state index contributed by atoms with van der Waals surface area (Å²) in [5.41, 5.74) is -4.82. The van der Waals surface area contributed by atoms with Gasteiger partial charge in [0, 0.05) is 5.69 Å². The molecule has 7 nitrogen and oxygen atoms in total. The van der Waals surface area contributed by atoms with E-state index in [1.165, 1.54) is 0 Å². The summed E-state index contributed by atoms with van der Waals surface area (Å²) < 4.78 is 77.9. The Morgan fingerprint density at radius 2 is 1.69 bits per heavy atom. The minimum absolute atomic E-state index is 0.353. The van der Waals surface area contributed by atoms with Gasteiger partial charge in [-0.2, -0.15) is 13.2 Å². The van der Waals surface area contributed by atoms with E-state index < -0.39 is 61.9 Å². The second kappa shape index (κ2) is 9.09. The molecule has 0 aliphatic carbocycles. The molecule has 3 N–H and O–H groups in total. The molecule has 2 amide bonds. The zero-order valence-electron chi connectivity index (χ0n) is 16.5. The van der Waals surface area contributed by atoms with E-state index in [4.69, 9.17) is 0 Å². The van der Waals surface area contributed by atoms with E-state index in [9.17, 15) is 40.7 Å². The van der Waals surface area contributed by atoms with Gasteiger partial charge in [-0.1, -0.05) is 6.58 Å². The fourth-order valence-electron chi connectivity index (χ4n) is 2.58. The number of carbonyl (C=O) groups excluding carboxylic acids is 2. The summed E-state index contributed by atoms with van der Waals surface area (Å²) >= 11 is 0. The van der Waals surface area contributed by atoms with Crippen LogP contribution in [-0.4, -0.2) is 36.7 Å². The standard InChI is InChI=1S/C20H18F4N2O5S/c1-3-17(27)26-16-9-6-13(10-15(16)20(22,23)24)25-18(28)19(2,29)11-32(30,31)14-7-4-12(21)5-8-14/h3-10,29H,1,11H2,2H3,(H,25,28)(H,26,27)/t19-/m0/s1. The number of alkyl halides is 3. The molecule has 0 heterocycles. The Kier molecular flexibility index (Phi) is 7.10. The number of nitrogens with one attached hydrogen (secondary N) is 2. The van der Waals surface area contributed by atoms with Crippen LogP contribution < -0.4 is 10.6 Å². The highest BCUT2D eigenvalue weighted by Gasteiger charge is 2.38. The predicted octanol–water partition coefficient (Wildman–Crippen LogP) is 3.13. The Morgan fingerprint density at radius 3 is 2.22 bits per heavy atom. The highest BCUT2D eigenvalue weighted by Crippen LogP contribution is 2.36. The van der Waals surface area contributed by atoms with Gasteiger partial charge in [-0.05, 0) is 55.5 Å². The molecule has 0 aliphatic heterocycles. The summed E-state index contributed by atoms with van der Waals surface area (Å²) in [6.07, 6.45) is -4.13. The first-order valence-corrected chi connectivity index (χ1v) is 10.5. The Hall–Kier alpha value is -3.25. The van der Waals surface area contributed by atoms with Gasteiger partial charge in [-0.25, -0.2) is 12.8 Å². The van der Waals surface area contributed by atoms with Gasteiger partial charge < -0.3 is 15.7 Å². The van der Waals surface area contributed by atoms with Gasteiger partial charge in [-0.15, -0.1) is 0 Å². The van der Waals surface area contributed by atoms with E-state index in [2.05, 4.69) is 6.58 Å². The zero-order chi connectivity index (χ0) is 24.3. The normalized spacial score (nSPS) is 13.7. The summed E-state index contributed by atoms with van der Waals surface area (Å²) in [5, 5.41) is 14.4. The maximum absolute atomic E-state index is 13.3. The van der Waals surface area contributed by atoms with Gasteiger partial charge in [0.1, 0.15) is 5.82 Å². The van der Waals surface area contributed by atoms with Crippen LogP contribution in [0.3, 0.4) is 0 Å². The second-order valence-electron chi connectivity index (χ2n) is 6.89. The van der Waals surface area contributed by atoms with Crippen molar-refractivity contribution >= 4 is 33.0 Å². The third-order valence-electron chi connectivity index (χ3n) is 4.16. The van der Waals surface area contributed by atoms with Crippen molar-refractivity contribution in [1.29, 1.82) is 0 Å². The van der Waals surface area contributed by atoms with Crippen molar-refractivity contribution in [3.63, 3.8) is 0 Å². The van der Waals surface area contributed by atoms with Gasteiger partial charge in [0.25, 0.3) is 5.91 Å². The molecule has 0 radical (unpaired) electrons. The summed E-state index contributed by atoms with van der Waals surface area (Å²) in [6, 6.07) is 6.08. The molecule has 0 spiro atoms. The first-order valence-electron chi connectivity index (χ1n) is 8.82. The van der Waals surface area contributed by atoms with Crippen molar-refractivity contribution in [2.75, 3.05) is 16.4 Å². The van der Waals surface area contributed by atoms with Crippen LogP contribution >= 0.6 is 0 Å². The van der Waals surface area contributed by atoms with Crippen molar-refractivity contribution in [3.8, 4) is 0 Å². The monoisotopic (exact) mass is 474 g/mol. The average molecular weight is 474 g/mol. The highest BCUT2D eigenvalue weighted by atomic mass is 32.2. The van der Waals surface area contributed by atoms with Crippen molar-refractivity contribution < 1.29 is 40.7 Å². The van der Waals surface area contributed by atoms with E-state index in [1.807, 2.05) is 10.6 Å². The Labute approximate surface area is 180 Å². The van der Waals surface area contributed by atoms with Gasteiger partial charge >= 0.3 is 6.18 Å². The van der Waals surface area contributed by atoms with E-state index in [0.29, 0.717) is 6.07 Å². The van der Waals surface area contributed by atoms with E-state index in [1.54, 1.807) is 0 Å². The molecule has 172 valence electrons. The summed E-state index contributed by atoms with van der Waals surface area (Å²) in [5.74, 6) is -3.99. The molecule has 0 aliphatic rings. The molecular weight excluding hydrogens is 456 g/mol. The van der Waals surface area contributed by atoms with Crippen LogP contribution in [0.25, 0.3) is 0 Å². The van der Waals surface area contributed by atoms with Crippen LogP contribution in [0, 0.1) is 5.82 Å². The molecule has 0 fully saturated rings. The van der Waals surface area contributed by atoms with Crippen LogP contribution in [0.2, 0.25) is 0 Å². The Bertz CT molecular complexity index is 1140. The molecule has 0 aromatic heterocycles. The van der Waals surface area contributed by atoms with Gasteiger partial charge in [0.2, 0.25) is 5.91 Å². The van der Waals surface area contributed by atoms with Crippen LogP contribution in [0.1, 0.15) is 12.5 Å². The van der Waals surface area contributed by atoms with Crippen LogP contribution in [0.4, 0.5) is 28.9 Å². The number of anilines is 2. The lowest BCUT2D eigenvalue weighted by Crippen LogP contribution is -2.45. The van der Waals surface area contributed by atoms with Crippen LogP contribution in [0.5, 0.6) is 0 Å². The minimum Gasteiger partial charge on any atom is -0.379 e. The molecule has 0 unspecified atom stereocenters. The Morgan fingerprint density at radius 1 is 1.09 bits per heavy atom. The largest absolute Gasteiger partial charge is 0.418 e. The number of benzene rings is 2. The smallest absolute Gasteiger partial charge is 0.379 e. The number of hydrogen-bond acceptors (Lipinski definition) is 5. The highest BCUT2D eigenvalue weighted by molar-refractivity contribution is 7.91. The van der Waals surface area contributed by atoms with E-state index in [-0.39, 0.29) is 4.90 Å². The third kappa shape index (κ3) is 6.14. The number of aliphatic hydroxyl groups is 1. The fourth-order valence-corrected chi connectivity index (χ4v) is 4.16. The molecule has 1 atom stereocenters. The number of carbonyl (C=O) groups is 2. The van der Waals surface area contributed by atoms with Gasteiger partial charge in [0.05, 0.1) is 21.9 Å². The summed E-state index contributed by atoms with van der Waals surface area (Å²) in [7, 11) is -4.24. The van der Waals surface area contributed by atoms with Gasteiger partial charge in [0.15, 0.2) is 15.4 Å². The Balaban J connectivity index is 2.27. The quantitative estimate of drug-likeness (QED) is 0.324. The molecule has 32 heavy (non-hydrogen) atoms. The first kappa shape index (κ1) is 25.0. The fraction of sp³-hybridized carbons (Fsp3) is 0.200. The summed E-state index contributed by atoms with van der Waals surface area (Å²) in [6.45, 7) is 4.01. The lowest BCUT2D eigenvalue weighted by molar-refractivity contribution is -0.137. The number of amides is 2. The molecule has 0 saturated carbocycles. The first-order chi connectivity index (χ1) is 14.7. The maximum Gasteiger partial charge on any atom is 0.418 e. The minimum atomic E-state index is -4.90. The van der Waals surface area contributed by atoms with E-state index in [0.717, 1.165) is 49.4 Å². The number of rotatable bonds is 7. The molecular formula is C20H18F4N2O5S. The average Bonchev–Trinajstić information content (AvgIpc) is 2.67. The number of halogens is 4. The molecule has 2 rings (SSSR count). The van der Waals surface area contributed by atoms with E-state index >= 15 is 0 Å². The van der Waals surface area contributed by atoms with Crippen molar-refractivity contribution in [1.82, 2.24) is 0 Å². The lowest BCUT2D eigenvalue weighted by atomic mass is 10.1. The molecule has 0 bridgehead atoms. The number of sulfone groups is 1. The van der Waals surface area contributed by atoms with Crippen molar-refractivity contribution in [2.24, 2.45) is 0 Å². The van der Waals surface area contributed by atoms with Crippen molar-refractivity contribution in [3.05, 3.63) is 66.5 Å². The lowest BCUT2D eigenvalue weighted by Gasteiger charge is -2.23. The molecule has 0 saturated heterocycles. The van der Waals surface area contributed by atoms with Crippen molar-refractivity contribution in [2.45, 2.75) is 23.6 Å². The second-order valence-corrected chi connectivity index (χ2v) is 8.88. The zero-order valence-corrected chi connectivity index (χ0v) is 17.3. The predicted molar refractivity (Wildman–Crippen MR) is 108 cm³/mol. The summed E-state index contributed by atoms with van der Waals surface area (Å²) in [4.78, 5) is 23.4. The number of hydrogen-bond donors (Lipinski definition) is 3. The SMILES string of the molecule is C=CC(=O)Nc1ccc(NC(=O)[C@@](C)(O)CS(=O)(=O)c2ccc(F)cc2)cc1C(F)(F)F. The topological polar surface area (TPSA) is 113 Å².